The second-order valence-corrected chi connectivity index (χ2v) is 7.58. The van der Waals surface area contributed by atoms with Crippen molar-refractivity contribution in [3.05, 3.63) is 59.1 Å². The number of carbonyl (C=O) groups is 1. The summed E-state index contributed by atoms with van der Waals surface area (Å²) in [5, 5.41) is 4.88. The van der Waals surface area contributed by atoms with Crippen LogP contribution in [0.4, 0.5) is 5.13 Å². The molecular formula is C20H21N3O2S. The zero-order valence-electron chi connectivity index (χ0n) is 14.6. The number of hydrogen-bond acceptors (Lipinski definition) is 5. The average molecular weight is 367 g/mol. The second-order valence-electron chi connectivity index (χ2n) is 6.51. The molecule has 0 spiro atoms. The van der Waals surface area contributed by atoms with Gasteiger partial charge in [-0.3, -0.25) is 9.69 Å². The molecule has 4 rings (SSSR count). The maximum absolute atomic E-state index is 13.1. The van der Waals surface area contributed by atoms with Crippen LogP contribution in [-0.4, -0.2) is 29.3 Å². The van der Waals surface area contributed by atoms with Gasteiger partial charge < -0.3 is 4.84 Å². The SMILES string of the molecule is C=CCN(C(=O)C1CC(c2ccccc2)=NO1)c1nc2c(s1)CCCC2. The van der Waals surface area contributed by atoms with Gasteiger partial charge in [0.15, 0.2) is 5.13 Å². The molecule has 0 N–H and O–H groups in total. The molecule has 1 unspecified atom stereocenters. The third kappa shape index (κ3) is 3.29. The van der Waals surface area contributed by atoms with Crippen molar-refractivity contribution in [1.29, 1.82) is 0 Å². The lowest BCUT2D eigenvalue weighted by Gasteiger charge is -2.20. The third-order valence-corrected chi connectivity index (χ3v) is 5.87. The molecule has 5 nitrogen and oxygen atoms in total. The summed E-state index contributed by atoms with van der Waals surface area (Å²) < 4.78 is 0. The van der Waals surface area contributed by atoms with Crippen LogP contribution in [0.1, 0.15) is 35.4 Å². The van der Waals surface area contributed by atoms with E-state index >= 15 is 0 Å². The number of benzene rings is 1. The van der Waals surface area contributed by atoms with E-state index in [0.717, 1.165) is 34.9 Å². The summed E-state index contributed by atoms with van der Waals surface area (Å²) in [6.07, 6.45) is 6.03. The number of thiazole rings is 1. The Morgan fingerprint density at radius 1 is 1.31 bits per heavy atom. The van der Waals surface area contributed by atoms with Crippen molar-refractivity contribution in [2.75, 3.05) is 11.4 Å². The Labute approximate surface area is 157 Å². The lowest BCUT2D eigenvalue weighted by Crippen LogP contribution is -2.39. The van der Waals surface area contributed by atoms with Crippen LogP contribution in [0.3, 0.4) is 0 Å². The molecule has 2 aliphatic rings. The number of hydrogen-bond donors (Lipinski definition) is 0. The maximum Gasteiger partial charge on any atom is 0.273 e. The Morgan fingerprint density at radius 3 is 2.88 bits per heavy atom. The highest BCUT2D eigenvalue weighted by molar-refractivity contribution is 7.16. The molecule has 134 valence electrons. The molecule has 1 amide bonds. The Balaban J connectivity index is 1.51. The van der Waals surface area contributed by atoms with Crippen molar-refractivity contribution in [3.8, 4) is 0 Å². The standard InChI is InChI=1S/C20H21N3O2S/c1-2-12-23(20-21-15-10-6-7-11-18(15)26-20)19(24)17-13-16(22-25-17)14-8-4-3-5-9-14/h2-5,8-9,17H,1,6-7,10-13H2. The molecule has 1 aliphatic carbocycles. The quantitative estimate of drug-likeness (QED) is 0.757. The van der Waals surface area contributed by atoms with Crippen molar-refractivity contribution >= 4 is 28.1 Å². The van der Waals surface area contributed by atoms with Crippen molar-refractivity contribution in [3.63, 3.8) is 0 Å². The van der Waals surface area contributed by atoms with E-state index in [0.29, 0.717) is 13.0 Å². The molecule has 0 radical (unpaired) electrons. The predicted molar refractivity (Wildman–Crippen MR) is 104 cm³/mol. The summed E-state index contributed by atoms with van der Waals surface area (Å²) in [6.45, 7) is 4.22. The van der Waals surface area contributed by atoms with Crippen LogP contribution in [0, 0.1) is 0 Å². The van der Waals surface area contributed by atoms with Crippen LogP contribution in [-0.2, 0) is 22.5 Å². The lowest BCUT2D eigenvalue weighted by atomic mass is 10.0. The van der Waals surface area contributed by atoms with Crippen LogP contribution in [0.2, 0.25) is 0 Å². The van der Waals surface area contributed by atoms with Crippen LogP contribution in [0.25, 0.3) is 0 Å². The second kappa shape index (κ2) is 7.41. The third-order valence-electron chi connectivity index (χ3n) is 4.69. The Morgan fingerprint density at radius 2 is 2.12 bits per heavy atom. The fourth-order valence-corrected chi connectivity index (χ4v) is 4.49. The molecule has 1 aromatic heterocycles. The monoisotopic (exact) mass is 367 g/mol. The van der Waals surface area contributed by atoms with E-state index < -0.39 is 6.10 Å². The zero-order valence-corrected chi connectivity index (χ0v) is 15.4. The van der Waals surface area contributed by atoms with E-state index in [1.165, 1.54) is 17.7 Å². The van der Waals surface area contributed by atoms with E-state index in [1.54, 1.807) is 22.3 Å². The van der Waals surface area contributed by atoms with E-state index in [2.05, 4.69) is 11.7 Å². The van der Waals surface area contributed by atoms with E-state index in [-0.39, 0.29) is 5.91 Å². The normalized spacial score (nSPS) is 18.6. The van der Waals surface area contributed by atoms with Gasteiger partial charge in [-0.25, -0.2) is 4.98 Å². The van der Waals surface area contributed by atoms with Gasteiger partial charge in [0.05, 0.1) is 11.4 Å². The van der Waals surface area contributed by atoms with Gasteiger partial charge >= 0.3 is 0 Å². The molecule has 1 atom stereocenters. The summed E-state index contributed by atoms with van der Waals surface area (Å²) in [5.74, 6) is -0.106. The number of fused-ring (bicyclic) bond motifs is 1. The van der Waals surface area contributed by atoms with Gasteiger partial charge in [-0.2, -0.15) is 0 Å². The number of anilines is 1. The lowest BCUT2D eigenvalue weighted by molar-refractivity contribution is -0.128. The minimum atomic E-state index is -0.605. The number of carbonyl (C=O) groups excluding carboxylic acids is 1. The van der Waals surface area contributed by atoms with Crippen LogP contribution in [0.5, 0.6) is 0 Å². The molecule has 0 fully saturated rings. The number of aromatic nitrogens is 1. The predicted octanol–water partition coefficient (Wildman–Crippen LogP) is 3.73. The summed E-state index contributed by atoms with van der Waals surface area (Å²) in [7, 11) is 0. The number of rotatable bonds is 5. The molecule has 0 bridgehead atoms. The molecule has 0 saturated carbocycles. The van der Waals surface area contributed by atoms with Gasteiger partial charge in [-0.05, 0) is 31.2 Å². The van der Waals surface area contributed by atoms with Crippen LogP contribution < -0.4 is 4.90 Å². The molecule has 0 saturated heterocycles. The van der Waals surface area contributed by atoms with Crippen molar-refractivity contribution in [2.45, 2.75) is 38.2 Å². The smallest absolute Gasteiger partial charge is 0.273 e. The van der Waals surface area contributed by atoms with Gasteiger partial charge in [-0.1, -0.05) is 41.6 Å². The number of nitrogens with zero attached hydrogens (tertiary/aromatic N) is 3. The van der Waals surface area contributed by atoms with Crippen molar-refractivity contribution < 1.29 is 9.63 Å². The highest BCUT2D eigenvalue weighted by Gasteiger charge is 2.34. The number of aryl methyl sites for hydroxylation is 2. The van der Waals surface area contributed by atoms with Gasteiger partial charge in [0.2, 0.25) is 6.10 Å². The average Bonchev–Trinajstić information content (AvgIpc) is 3.33. The minimum Gasteiger partial charge on any atom is -0.382 e. The first kappa shape index (κ1) is 17.0. The Hall–Kier alpha value is -2.47. The molecule has 1 aliphatic heterocycles. The first-order chi connectivity index (χ1) is 12.8. The molecule has 1 aromatic carbocycles. The molecule has 26 heavy (non-hydrogen) atoms. The molecule has 2 heterocycles. The summed E-state index contributed by atoms with van der Waals surface area (Å²) >= 11 is 1.62. The van der Waals surface area contributed by atoms with E-state index in [4.69, 9.17) is 9.82 Å². The molecule has 6 heteroatoms. The topological polar surface area (TPSA) is 54.8 Å². The van der Waals surface area contributed by atoms with Crippen molar-refractivity contribution in [1.82, 2.24) is 4.98 Å². The van der Waals surface area contributed by atoms with Crippen LogP contribution in [0.15, 0.2) is 48.1 Å². The van der Waals surface area contributed by atoms with Crippen molar-refractivity contribution in [2.24, 2.45) is 5.16 Å². The van der Waals surface area contributed by atoms with Crippen LogP contribution >= 0.6 is 11.3 Å². The first-order valence-electron chi connectivity index (χ1n) is 8.95. The van der Waals surface area contributed by atoms with Gasteiger partial charge in [0.25, 0.3) is 5.91 Å². The Kier molecular flexibility index (Phi) is 4.84. The van der Waals surface area contributed by atoms with Gasteiger partial charge in [-0.15, -0.1) is 17.9 Å². The highest BCUT2D eigenvalue weighted by Crippen LogP contribution is 2.32. The van der Waals surface area contributed by atoms with E-state index in [1.807, 2.05) is 30.3 Å². The zero-order chi connectivity index (χ0) is 17.9. The number of oxime groups is 1. The molecule has 2 aromatic rings. The Bertz CT molecular complexity index is 820. The maximum atomic E-state index is 13.1. The number of amides is 1. The fourth-order valence-electron chi connectivity index (χ4n) is 3.33. The van der Waals surface area contributed by atoms with Gasteiger partial charge in [0, 0.05) is 17.8 Å². The fraction of sp³-hybridized carbons (Fsp3) is 0.350. The minimum absolute atomic E-state index is 0.106. The summed E-state index contributed by atoms with van der Waals surface area (Å²) in [6, 6.07) is 9.82. The summed E-state index contributed by atoms with van der Waals surface area (Å²) in [4.78, 5) is 26.3. The highest BCUT2D eigenvalue weighted by atomic mass is 32.1. The van der Waals surface area contributed by atoms with Gasteiger partial charge in [0.1, 0.15) is 0 Å². The first-order valence-corrected chi connectivity index (χ1v) is 9.77. The summed E-state index contributed by atoms with van der Waals surface area (Å²) in [5.41, 5.74) is 2.94. The van der Waals surface area contributed by atoms with E-state index in [9.17, 15) is 4.79 Å². The molecular weight excluding hydrogens is 346 g/mol. The largest absolute Gasteiger partial charge is 0.382 e.